The molecule has 1 aromatic carbocycles. The SMILES string of the molecule is CCNCc1cc(Br)ccc1OCc1sccc1Br. The van der Waals surface area contributed by atoms with Crippen LogP contribution in [0.15, 0.2) is 38.6 Å². The highest BCUT2D eigenvalue weighted by molar-refractivity contribution is 9.10. The van der Waals surface area contributed by atoms with Crippen LogP contribution in [-0.2, 0) is 13.2 Å². The Balaban J connectivity index is 2.08. The van der Waals surface area contributed by atoms with Crippen molar-refractivity contribution < 1.29 is 4.74 Å². The summed E-state index contributed by atoms with van der Waals surface area (Å²) in [5.41, 5.74) is 1.17. The van der Waals surface area contributed by atoms with Crippen molar-refractivity contribution in [2.75, 3.05) is 6.54 Å². The van der Waals surface area contributed by atoms with Gasteiger partial charge in [-0.2, -0.15) is 0 Å². The van der Waals surface area contributed by atoms with Gasteiger partial charge in [-0.3, -0.25) is 0 Å². The first-order valence-corrected chi connectivity index (χ1v) is 8.51. The monoisotopic (exact) mass is 403 g/mol. The Bertz CT molecular complexity index is 542. The van der Waals surface area contributed by atoms with E-state index in [1.54, 1.807) is 11.3 Å². The van der Waals surface area contributed by atoms with Crippen molar-refractivity contribution in [3.05, 3.63) is 49.0 Å². The molecule has 0 amide bonds. The van der Waals surface area contributed by atoms with Gasteiger partial charge in [0.25, 0.3) is 0 Å². The number of benzene rings is 1. The summed E-state index contributed by atoms with van der Waals surface area (Å²) in [4.78, 5) is 1.21. The topological polar surface area (TPSA) is 21.3 Å². The average molecular weight is 405 g/mol. The fourth-order valence-electron chi connectivity index (χ4n) is 1.66. The molecule has 0 atom stereocenters. The number of thiophene rings is 1. The molecule has 2 nitrogen and oxygen atoms in total. The molecule has 0 aliphatic carbocycles. The summed E-state index contributed by atoms with van der Waals surface area (Å²) in [5, 5.41) is 5.39. The summed E-state index contributed by atoms with van der Waals surface area (Å²) in [6.45, 7) is 4.46. The van der Waals surface area contributed by atoms with Crippen LogP contribution in [0.2, 0.25) is 0 Å². The standard InChI is InChI=1S/C14H15Br2NOS/c1-2-17-8-10-7-11(15)3-4-13(10)18-9-14-12(16)5-6-19-14/h3-7,17H,2,8-9H2,1H3. The van der Waals surface area contributed by atoms with Crippen LogP contribution in [0.5, 0.6) is 5.75 Å². The Morgan fingerprint density at radius 2 is 2.11 bits per heavy atom. The van der Waals surface area contributed by atoms with E-state index in [2.05, 4.69) is 55.5 Å². The highest BCUT2D eigenvalue weighted by Crippen LogP contribution is 2.27. The molecular formula is C14H15Br2NOS. The Hall–Kier alpha value is -0.360. The van der Waals surface area contributed by atoms with Crippen LogP contribution < -0.4 is 10.1 Å². The number of nitrogens with one attached hydrogen (secondary N) is 1. The lowest BCUT2D eigenvalue weighted by atomic mass is 10.2. The first-order valence-electron chi connectivity index (χ1n) is 6.04. The van der Waals surface area contributed by atoms with Crippen LogP contribution in [0.4, 0.5) is 0 Å². The van der Waals surface area contributed by atoms with Gasteiger partial charge in [0.2, 0.25) is 0 Å². The van der Waals surface area contributed by atoms with Crippen LogP contribution in [-0.4, -0.2) is 6.54 Å². The van der Waals surface area contributed by atoms with Crippen molar-refractivity contribution in [3.63, 3.8) is 0 Å². The summed E-state index contributed by atoms with van der Waals surface area (Å²) in [6, 6.07) is 8.17. The molecule has 1 aromatic heterocycles. The lowest BCUT2D eigenvalue weighted by molar-refractivity contribution is 0.305. The molecule has 1 heterocycles. The lowest BCUT2D eigenvalue weighted by Crippen LogP contribution is -2.12. The number of halogens is 2. The second-order valence-corrected chi connectivity index (χ2v) is 6.78. The minimum absolute atomic E-state index is 0.596. The average Bonchev–Trinajstić information content (AvgIpc) is 2.81. The summed E-state index contributed by atoms with van der Waals surface area (Å²) in [5.74, 6) is 0.935. The minimum Gasteiger partial charge on any atom is -0.488 e. The maximum Gasteiger partial charge on any atom is 0.124 e. The second-order valence-electron chi connectivity index (χ2n) is 4.01. The highest BCUT2D eigenvalue weighted by Gasteiger charge is 2.07. The third-order valence-corrected chi connectivity index (χ3v) is 5.03. The highest BCUT2D eigenvalue weighted by atomic mass is 79.9. The van der Waals surface area contributed by atoms with E-state index in [-0.39, 0.29) is 0 Å². The lowest BCUT2D eigenvalue weighted by Gasteiger charge is -2.12. The van der Waals surface area contributed by atoms with Gasteiger partial charge in [0.05, 0.1) is 4.88 Å². The minimum atomic E-state index is 0.596. The Morgan fingerprint density at radius 1 is 1.26 bits per heavy atom. The van der Waals surface area contributed by atoms with Gasteiger partial charge < -0.3 is 10.1 Å². The molecule has 1 N–H and O–H groups in total. The largest absolute Gasteiger partial charge is 0.488 e. The fourth-order valence-corrected chi connectivity index (χ4v) is 3.44. The van der Waals surface area contributed by atoms with E-state index in [1.165, 1.54) is 10.4 Å². The predicted octanol–water partition coefficient (Wildman–Crippen LogP) is 4.96. The smallest absolute Gasteiger partial charge is 0.124 e. The summed E-state index contributed by atoms with van der Waals surface area (Å²) >= 11 is 8.72. The van der Waals surface area contributed by atoms with Gasteiger partial charge in [0, 0.05) is 21.1 Å². The van der Waals surface area contributed by atoms with Crippen molar-refractivity contribution in [2.24, 2.45) is 0 Å². The zero-order valence-corrected chi connectivity index (χ0v) is 14.6. The van der Waals surface area contributed by atoms with E-state index < -0.39 is 0 Å². The molecule has 0 fully saturated rings. The fraction of sp³-hybridized carbons (Fsp3) is 0.286. The van der Waals surface area contributed by atoms with Crippen LogP contribution in [0, 0.1) is 0 Å². The molecule has 0 saturated carbocycles. The van der Waals surface area contributed by atoms with Crippen molar-refractivity contribution in [1.82, 2.24) is 5.32 Å². The summed E-state index contributed by atoms with van der Waals surface area (Å²) < 4.78 is 8.12. The Kier molecular flexibility index (Phi) is 5.88. The molecule has 2 rings (SSSR count). The van der Waals surface area contributed by atoms with E-state index in [9.17, 15) is 0 Å². The summed E-state index contributed by atoms with van der Waals surface area (Å²) in [6.07, 6.45) is 0. The van der Waals surface area contributed by atoms with Gasteiger partial charge in [-0.1, -0.05) is 22.9 Å². The van der Waals surface area contributed by atoms with Gasteiger partial charge >= 0.3 is 0 Å². The predicted molar refractivity (Wildman–Crippen MR) is 87.9 cm³/mol. The summed E-state index contributed by atoms with van der Waals surface area (Å²) in [7, 11) is 0. The van der Waals surface area contributed by atoms with Crippen molar-refractivity contribution in [3.8, 4) is 5.75 Å². The van der Waals surface area contributed by atoms with Crippen LogP contribution in [0.3, 0.4) is 0 Å². The quantitative estimate of drug-likeness (QED) is 0.734. The van der Waals surface area contributed by atoms with E-state index >= 15 is 0 Å². The van der Waals surface area contributed by atoms with Gasteiger partial charge in [-0.05, 0) is 52.1 Å². The van der Waals surface area contributed by atoms with Crippen molar-refractivity contribution in [1.29, 1.82) is 0 Å². The molecule has 19 heavy (non-hydrogen) atoms. The van der Waals surface area contributed by atoms with Crippen LogP contribution in [0.25, 0.3) is 0 Å². The maximum absolute atomic E-state index is 5.93. The number of hydrogen-bond donors (Lipinski definition) is 1. The molecule has 0 unspecified atom stereocenters. The first kappa shape index (κ1) is 15.0. The normalized spacial score (nSPS) is 10.7. The van der Waals surface area contributed by atoms with E-state index in [4.69, 9.17) is 4.74 Å². The van der Waals surface area contributed by atoms with E-state index in [1.807, 2.05) is 18.2 Å². The maximum atomic E-state index is 5.93. The van der Waals surface area contributed by atoms with Gasteiger partial charge in [-0.25, -0.2) is 0 Å². The molecular weight excluding hydrogens is 390 g/mol. The molecule has 0 aliphatic rings. The third-order valence-electron chi connectivity index (χ3n) is 2.64. The zero-order chi connectivity index (χ0) is 13.7. The van der Waals surface area contributed by atoms with E-state index in [0.717, 1.165) is 27.8 Å². The number of hydrogen-bond acceptors (Lipinski definition) is 3. The molecule has 102 valence electrons. The Labute approximate surface area is 134 Å². The molecule has 0 radical (unpaired) electrons. The molecule has 0 aliphatic heterocycles. The first-order chi connectivity index (χ1) is 9.20. The molecule has 2 aromatic rings. The zero-order valence-electron chi connectivity index (χ0n) is 10.6. The van der Waals surface area contributed by atoms with Gasteiger partial charge in [0.15, 0.2) is 0 Å². The van der Waals surface area contributed by atoms with Gasteiger partial charge in [-0.15, -0.1) is 11.3 Å². The van der Waals surface area contributed by atoms with Crippen LogP contribution >= 0.6 is 43.2 Å². The van der Waals surface area contributed by atoms with Crippen molar-refractivity contribution >= 4 is 43.2 Å². The molecule has 0 saturated heterocycles. The molecule has 5 heteroatoms. The number of ether oxygens (including phenoxy) is 1. The molecule has 0 spiro atoms. The Morgan fingerprint density at radius 3 is 2.79 bits per heavy atom. The van der Waals surface area contributed by atoms with Crippen LogP contribution in [0.1, 0.15) is 17.4 Å². The van der Waals surface area contributed by atoms with E-state index in [0.29, 0.717) is 6.61 Å². The van der Waals surface area contributed by atoms with Gasteiger partial charge in [0.1, 0.15) is 12.4 Å². The second kappa shape index (κ2) is 7.43. The number of rotatable bonds is 6. The van der Waals surface area contributed by atoms with Crippen molar-refractivity contribution in [2.45, 2.75) is 20.1 Å². The molecule has 0 bridgehead atoms. The third kappa shape index (κ3) is 4.31.